The van der Waals surface area contributed by atoms with E-state index in [0.29, 0.717) is 31.7 Å². The van der Waals surface area contributed by atoms with Gasteiger partial charge in [-0.05, 0) is 40.2 Å². The third kappa shape index (κ3) is 6.69. The first-order valence-electron chi connectivity index (χ1n) is 9.66. The highest BCUT2D eigenvalue weighted by Gasteiger charge is 2.31. The van der Waals surface area contributed by atoms with Crippen molar-refractivity contribution >= 4 is 62.2 Å². The van der Waals surface area contributed by atoms with Gasteiger partial charge in [-0.25, -0.2) is 4.79 Å². The quantitative estimate of drug-likeness (QED) is 0.275. The highest BCUT2D eigenvalue weighted by atomic mass is 79.9. The van der Waals surface area contributed by atoms with Crippen LogP contribution < -0.4 is 14.8 Å². The van der Waals surface area contributed by atoms with Gasteiger partial charge in [0, 0.05) is 35.3 Å². The summed E-state index contributed by atoms with van der Waals surface area (Å²) in [5.41, 5.74) is 0.726. The van der Waals surface area contributed by atoms with Crippen LogP contribution >= 0.6 is 44.5 Å². The van der Waals surface area contributed by atoms with E-state index in [1.54, 1.807) is 30.3 Å². The molecule has 1 aliphatic heterocycles. The summed E-state index contributed by atoms with van der Waals surface area (Å²) in [6, 6.07) is 8.18. The van der Waals surface area contributed by atoms with Gasteiger partial charge in [0.15, 0.2) is 17.6 Å². The van der Waals surface area contributed by atoms with Crippen molar-refractivity contribution in [2.24, 2.45) is 0 Å². The molecular weight excluding hydrogens is 586 g/mol. The number of carbonyl (C=O) groups is 2. The van der Waals surface area contributed by atoms with Crippen molar-refractivity contribution in [1.82, 2.24) is 0 Å². The minimum atomic E-state index is -1.03. The summed E-state index contributed by atoms with van der Waals surface area (Å²) in [5.74, 6) is 0.409. The van der Waals surface area contributed by atoms with Gasteiger partial charge < -0.3 is 28.8 Å². The zero-order chi connectivity index (χ0) is 24.0. The van der Waals surface area contributed by atoms with E-state index in [9.17, 15) is 14.7 Å². The van der Waals surface area contributed by atoms with Crippen LogP contribution in [0, 0.1) is 0 Å². The van der Waals surface area contributed by atoms with Crippen LogP contribution in [0.2, 0.25) is 0 Å². The number of methoxy groups -OCH3 is 1. The Morgan fingerprint density at radius 1 is 1.21 bits per heavy atom. The van der Waals surface area contributed by atoms with Gasteiger partial charge in [0.1, 0.15) is 11.9 Å². The standard InChI is InChI=1S/C21H21Br2NO8S/c1-28-16(4-5-29-18(25)9-33)20(13-6-11(22)7-14(23)19(13)26)32-21(27)24-12-2-3-15-17(8-12)31-10-30-15/h2-3,6-8,16,20,26,33H,4-5,9-10H2,1H3,(H,24,27)/t16-,20-/m0/s1. The largest absolute Gasteiger partial charge is 0.506 e. The summed E-state index contributed by atoms with van der Waals surface area (Å²) < 4.78 is 27.9. The van der Waals surface area contributed by atoms with Crippen molar-refractivity contribution in [3.8, 4) is 17.2 Å². The Balaban J connectivity index is 1.81. The van der Waals surface area contributed by atoms with Crippen molar-refractivity contribution < 1.29 is 38.4 Å². The normalized spacial score (nSPS) is 13.8. The molecule has 1 amide bonds. The van der Waals surface area contributed by atoms with Gasteiger partial charge in [-0.2, -0.15) is 12.6 Å². The topological polar surface area (TPSA) is 113 Å². The highest BCUT2D eigenvalue weighted by Crippen LogP contribution is 2.39. The van der Waals surface area contributed by atoms with Crippen LogP contribution in [-0.2, 0) is 19.0 Å². The number of nitrogens with one attached hydrogen (secondary N) is 1. The molecule has 1 aliphatic rings. The number of benzene rings is 2. The predicted molar refractivity (Wildman–Crippen MR) is 129 cm³/mol. The minimum Gasteiger partial charge on any atom is -0.506 e. The SMILES string of the molecule is CO[C@@H](CCOC(=O)CS)[C@@H](OC(=O)Nc1ccc2c(c1)OCO2)c1cc(Br)cc(Br)c1O. The fraction of sp³-hybridized carbons (Fsp3) is 0.333. The van der Waals surface area contributed by atoms with Crippen molar-refractivity contribution in [1.29, 1.82) is 0 Å². The smallest absolute Gasteiger partial charge is 0.412 e. The summed E-state index contributed by atoms with van der Waals surface area (Å²) in [6.45, 7) is 0.118. The summed E-state index contributed by atoms with van der Waals surface area (Å²) >= 11 is 10.5. The maximum absolute atomic E-state index is 12.8. The molecule has 0 saturated heterocycles. The molecule has 0 aliphatic carbocycles. The van der Waals surface area contributed by atoms with E-state index in [0.717, 1.165) is 0 Å². The minimum absolute atomic E-state index is 0.0114. The molecule has 2 aromatic rings. The molecule has 33 heavy (non-hydrogen) atoms. The number of amides is 1. The maximum atomic E-state index is 12.8. The predicted octanol–water partition coefficient (Wildman–Crippen LogP) is 4.81. The van der Waals surface area contributed by atoms with Crippen molar-refractivity contribution in [2.45, 2.75) is 18.6 Å². The average molecular weight is 607 g/mol. The zero-order valence-electron chi connectivity index (χ0n) is 17.4. The second-order valence-corrected chi connectivity index (χ2v) is 8.87. The molecule has 2 N–H and O–H groups in total. The van der Waals surface area contributed by atoms with E-state index in [2.05, 4.69) is 49.8 Å². The lowest BCUT2D eigenvalue weighted by atomic mass is 10.0. The molecule has 0 spiro atoms. The van der Waals surface area contributed by atoms with Crippen LogP contribution in [0.4, 0.5) is 10.5 Å². The fourth-order valence-corrected chi connectivity index (χ4v) is 4.46. The number of rotatable bonds is 9. The Labute approximate surface area is 212 Å². The molecule has 0 bridgehead atoms. The molecular formula is C21H21Br2NO8S. The average Bonchev–Trinajstić information content (AvgIpc) is 3.25. The van der Waals surface area contributed by atoms with Crippen molar-refractivity contribution in [3.05, 3.63) is 44.8 Å². The van der Waals surface area contributed by atoms with Crippen LogP contribution in [0.15, 0.2) is 39.3 Å². The monoisotopic (exact) mass is 605 g/mol. The summed E-state index contributed by atoms with van der Waals surface area (Å²) in [6.07, 6.45) is -2.37. The van der Waals surface area contributed by atoms with E-state index in [4.69, 9.17) is 23.7 Å². The van der Waals surface area contributed by atoms with E-state index in [-0.39, 0.29) is 31.3 Å². The lowest BCUT2D eigenvalue weighted by molar-refractivity contribution is -0.141. The Kier molecular flexibility index (Phi) is 9.12. The zero-order valence-corrected chi connectivity index (χ0v) is 21.4. The molecule has 0 aromatic heterocycles. The Hall–Kier alpha value is -2.15. The van der Waals surface area contributed by atoms with Crippen molar-refractivity contribution in [2.75, 3.05) is 31.6 Å². The lowest BCUT2D eigenvalue weighted by Crippen LogP contribution is -2.29. The fourth-order valence-electron chi connectivity index (χ4n) is 3.11. The molecule has 0 saturated carbocycles. The Morgan fingerprint density at radius 3 is 2.70 bits per heavy atom. The third-order valence-electron chi connectivity index (χ3n) is 4.65. The number of hydrogen-bond acceptors (Lipinski definition) is 9. The molecule has 0 fully saturated rings. The Morgan fingerprint density at radius 2 is 1.97 bits per heavy atom. The lowest BCUT2D eigenvalue weighted by Gasteiger charge is -2.27. The molecule has 0 radical (unpaired) electrons. The first kappa shape index (κ1) is 25.5. The first-order chi connectivity index (χ1) is 15.8. The number of phenols is 1. The number of phenolic OH excluding ortho intramolecular Hbond substituents is 1. The number of hydrogen-bond donors (Lipinski definition) is 3. The number of carbonyl (C=O) groups excluding carboxylic acids is 2. The number of anilines is 1. The van der Waals surface area contributed by atoms with Crippen LogP contribution in [0.3, 0.4) is 0 Å². The number of ether oxygens (including phenoxy) is 5. The maximum Gasteiger partial charge on any atom is 0.412 e. The van der Waals surface area contributed by atoms with E-state index in [1.165, 1.54) is 7.11 Å². The highest BCUT2D eigenvalue weighted by molar-refractivity contribution is 9.11. The molecule has 2 atom stereocenters. The molecule has 1 heterocycles. The molecule has 12 heteroatoms. The van der Waals surface area contributed by atoms with Gasteiger partial charge in [0.05, 0.1) is 16.8 Å². The van der Waals surface area contributed by atoms with Crippen LogP contribution in [0.25, 0.3) is 0 Å². The molecule has 9 nitrogen and oxygen atoms in total. The Bertz CT molecular complexity index is 1020. The van der Waals surface area contributed by atoms with E-state index >= 15 is 0 Å². The summed E-state index contributed by atoms with van der Waals surface area (Å²) in [4.78, 5) is 24.2. The second-order valence-electron chi connectivity index (χ2n) is 6.79. The second kappa shape index (κ2) is 11.8. The van der Waals surface area contributed by atoms with Gasteiger partial charge in [-0.3, -0.25) is 10.1 Å². The molecule has 0 unspecified atom stereocenters. The van der Waals surface area contributed by atoms with Gasteiger partial charge in [-0.1, -0.05) is 15.9 Å². The molecule has 3 rings (SSSR count). The van der Waals surface area contributed by atoms with E-state index in [1.807, 2.05) is 0 Å². The van der Waals surface area contributed by atoms with Crippen LogP contribution in [-0.4, -0.2) is 49.5 Å². The van der Waals surface area contributed by atoms with Crippen molar-refractivity contribution in [3.63, 3.8) is 0 Å². The van der Waals surface area contributed by atoms with Gasteiger partial charge in [-0.15, -0.1) is 0 Å². The third-order valence-corrected chi connectivity index (χ3v) is 5.97. The van der Waals surface area contributed by atoms with Gasteiger partial charge >= 0.3 is 12.1 Å². The molecule has 178 valence electrons. The van der Waals surface area contributed by atoms with E-state index < -0.39 is 24.3 Å². The van der Waals surface area contributed by atoms with Crippen LogP contribution in [0.1, 0.15) is 18.1 Å². The first-order valence-corrected chi connectivity index (χ1v) is 11.9. The summed E-state index contributed by atoms with van der Waals surface area (Å²) in [7, 11) is 1.43. The number of halogens is 2. The number of esters is 1. The van der Waals surface area contributed by atoms with Gasteiger partial charge in [0.25, 0.3) is 0 Å². The number of fused-ring (bicyclic) bond motifs is 1. The van der Waals surface area contributed by atoms with Gasteiger partial charge in [0.2, 0.25) is 6.79 Å². The summed E-state index contributed by atoms with van der Waals surface area (Å²) in [5, 5.41) is 13.3. The number of aromatic hydroxyl groups is 1. The number of thiol groups is 1. The molecule has 2 aromatic carbocycles. The van der Waals surface area contributed by atoms with Crippen LogP contribution in [0.5, 0.6) is 17.2 Å².